The number of Topliss-reactive ketones (excluding diaryl/α,β-unsaturated/α-hetero) is 2. The average molecular weight is 320 g/mol. The molecule has 0 aromatic rings. The SMILES string of the molecule is C[C@]12CCC(=O)C[C@@H]1CC(=O)[C@@H]1[C@@H]3C[C@H](O)C[C@]3(CO)CC[C@@H]12. The summed E-state index contributed by atoms with van der Waals surface area (Å²) in [5.41, 5.74) is -0.161. The Morgan fingerprint density at radius 2 is 1.96 bits per heavy atom. The second kappa shape index (κ2) is 5.13. The fourth-order valence-corrected chi connectivity index (χ4v) is 6.81. The van der Waals surface area contributed by atoms with Gasteiger partial charge in [-0.25, -0.2) is 0 Å². The maximum absolute atomic E-state index is 13.0. The maximum atomic E-state index is 13.0. The van der Waals surface area contributed by atoms with Crippen molar-refractivity contribution in [1.29, 1.82) is 0 Å². The van der Waals surface area contributed by atoms with Crippen LogP contribution in [0.3, 0.4) is 0 Å². The summed E-state index contributed by atoms with van der Waals surface area (Å²) in [6.07, 6.45) is 5.46. The average Bonchev–Trinajstić information content (AvgIpc) is 2.86. The first-order valence-electron chi connectivity index (χ1n) is 9.23. The Hall–Kier alpha value is -0.740. The molecular formula is C19H28O4. The van der Waals surface area contributed by atoms with E-state index in [9.17, 15) is 19.8 Å². The number of fused-ring (bicyclic) bond motifs is 5. The van der Waals surface area contributed by atoms with Gasteiger partial charge in [0.25, 0.3) is 0 Å². The molecule has 0 aromatic heterocycles. The Morgan fingerprint density at radius 3 is 2.70 bits per heavy atom. The number of rotatable bonds is 1. The van der Waals surface area contributed by atoms with Gasteiger partial charge in [0, 0.05) is 31.8 Å². The third-order valence-corrected chi connectivity index (χ3v) is 8.11. The highest BCUT2D eigenvalue weighted by Gasteiger charge is 2.62. The first-order chi connectivity index (χ1) is 10.9. The van der Waals surface area contributed by atoms with Crippen LogP contribution in [0.25, 0.3) is 0 Å². The van der Waals surface area contributed by atoms with Crippen molar-refractivity contribution in [3.8, 4) is 0 Å². The molecule has 2 N–H and O–H groups in total. The van der Waals surface area contributed by atoms with Crippen molar-refractivity contribution in [1.82, 2.24) is 0 Å². The minimum atomic E-state index is -0.378. The van der Waals surface area contributed by atoms with E-state index in [4.69, 9.17) is 0 Å². The molecule has 4 nitrogen and oxygen atoms in total. The van der Waals surface area contributed by atoms with Crippen LogP contribution in [0, 0.1) is 34.5 Å². The molecule has 4 aliphatic carbocycles. The summed E-state index contributed by atoms with van der Waals surface area (Å²) in [6.45, 7) is 2.38. The van der Waals surface area contributed by atoms with E-state index in [-0.39, 0.29) is 41.3 Å². The molecule has 0 radical (unpaired) electrons. The van der Waals surface area contributed by atoms with Gasteiger partial charge in [-0.1, -0.05) is 6.92 Å². The highest BCUT2D eigenvalue weighted by molar-refractivity contribution is 5.86. The molecule has 0 saturated heterocycles. The fraction of sp³-hybridized carbons (Fsp3) is 0.895. The largest absolute Gasteiger partial charge is 0.396 e. The van der Waals surface area contributed by atoms with Crippen LogP contribution in [0.5, 0.6) is 0 Å². The van der Waals surface area contributed by atoms with Gasteiger partial charge in [-0.3, -0.25) is 9.59 Å². The van der Waals surface area contributed by atoms with Crippen molar-refractivity contribution in [2.45, 2.75) is 64.4 Å². The molecular weight excluding hydrogens is 292 g/mol. The number of aliphatic hydroxyl groups is 2. The Bertz CT molecular complexity index is 543. The van der Waals surface area contributed by atoms with Gasteiger partial charge in [-0.2, -0.15) is 0 Å². The first-order valence-corrected chi connectivity index (χ1v) is 9.23. The van der Waals surface area contributed by atoms with Crippen LogP contribution in [0.1, 0.15) is 58.3 Å². The van der Waals surface area contributed by atoms with Gasteiger partial charge in [-0.05, 0) is 60.7 Å². The van der Waals surface area contributed by atoms with Crippen molar-refractivity contribution in [3.05, 3.63) is 0 Å². The van der Waals surface area contributed by atoms with Crippen LogP contribution < -0.4 is 0 Å². The molecule has 4 aliphatic rings. The first kappa shape index (κ1) is 15.8. The van der Waals surface area contributed by atoms with Gasteiger partial charge >= 0.3 is 0 Å². The normalized spacial score (nSPS) is 52.7. The van der Waals surface area contributed by atoms with E-state index in [1.54, 1.807) is 0 Å². The van der Waals surface area contributed by atoms with Crippen molar-refractivity contribution in [3.63, 3.8) is 0 Å². The van der Waals surface area contributed by atoms with Crippen molar-refractivity contribution < 1.29 is 19.8 Å². The van der Waals surface area contributed by atoms with Crippen LogP contribution in [0.4, 0.5) is 0 Å². The lowest BCUT2D eigenvalue weighted by atomic mass is 9.45. The molecule has 0 spiro atoms. The highest BCUT2D eigenvalue weighted by Crippen LogP contribution is 2.65. The van der Waals surface area contributed by atoms with Crippen LogP contribution in [-0.2, 0) is 9.59 Å². The molecule has 0 amide bonds. The van der Waals surface area contributed by atoms with E-state index in [2.05, 4.69) is 6.92 Å². The summed E-state index contributed by atoms with van der Waals surface area (Å²) >= 11 is 0. The van der Waals surface area contributed by atoms with E-state index in [1.807, 2.05) is 0 Å². The predicted octanol–water partition coefficient (Wildman–Crippen LogP) is 2.11. The Balaban J connectivity index is 1.70. The third-order valence-electron chi connectivity index (χ3n) is 8.11. The quantitative estimate of drug-likeness (QED) is 0.776. The zero-order valence-corrected chi connectivity index (χ0v) is 14.0. The van der Waals surface area contributed by atoms with Crippen molar-refractivity contribution >= 4 is 11.6 Å². The molecule has 4 rings (SSSR count). The second-order valence-corrected chi connectivity index (χ2v) is 9.01. The lowest BCUT2D eigenvalue weighted by Crippen LogP contribution is -2.57. The van der Waals surface area contributed by atoms with E-state index in [1.165, 1.54) is 0 Å². The number of aliphatic hydroxyl groups excluding tert-OH is 2. The molecule has 0 heterocycles. The van der Waals surface area contributed by atoms with E-state index >= 15 is 0 Å². The van der Waals surface area contributed by atoms with Crippen molar-refractivity contribution in [2.24, 2.45) is 34.5 Å². The summed E-state index contributed by atoms with van der Waals surface area (Å²) in [7, 11) is 0. The number of ketones is 2. The zero-order chi connectivity index (χ0) is 16.4. The van der Waals surface area contributed by atoms with E-state index < -0.39 is 0 Å². The molecule has 7 atom stereocenters. The van der Waals surface area contributed by atoms with Crippen LogP contribution in [0.2, 0.25) is 0 Å². The van der Waals surface area contributed by atoms with E-state index in [0.717, 1.165) is 19.3 Å². The smallest absolute Gasteiger partial charge is 0.136 e. The Labute approximate surface area is 137 Å². The third kappa shape index (κ3) is 2.10. The molecule has 4 fully saturated rings. The van der Waals surface area contributed by atoms with Gasteiger partial charge in [-0.15, -0.1) is 0 Å². The number of carbonyl (C=O) groups excluding carboxylic acids is 2. The zero-order valence-electron chi connectivity index (χ0n) is 14.0. The van der Waals surface area contributed by atoms with Crippen LogP contribution in [-0.4, -0.2) is 34.5 Å². The summed E-state index contributed by atoms with van der Waals surface area (Å²) in [4.78, 5) is 24.8. The minimum Gasteiger partial charge on any atom is -0.396 e. The molecule has 0 bridgehead atoms. The molecule has 4 saturated carbocycles. The Kier molecular flexibility index (Phi) is 3.51. The molecule has 0 aliphatic heterocycles. The minimum absolute atomic E-state index is 0.0116. The molecule has 0 unspecified atom stereocenters. The van der Waals surface area contributed by atoms with Crippen molar-refractivity contribution in [2.75, 3.05) is 6.61 Å². The number of hydrogen-bond donors (Lipinski definition) is 2. The van der Waals surface area contributed by atoms with Crippen LogP contribution in [0.15, 0.2) is 0 Å². The van der Waals surface area contributed by atoms with Gasteiger partial charge in [0.15, 0.2) is 0 Å². The van der Waals surface area contributed by atoms with Gasteiger partial charge in [0.2, 0.25) is 0 Å². The Morgan fingerprint density at radius 1 is 1.17 bits per heavy atom. The summed E-state index contributed by atoms with van der Waals surface area (Å²) in [6, 6.07) is 0. The van der Waals surface area contributed by atoms with Crippen LogP contribution >= 0.6 is 0 Å². The van der Waals surface area contributed by atoms with E-state index in [0.29, 0.717) is 49.6 Å². The van der Waals surface area contributed by atoms with Gasteiger partial charge in [0.1, 0.15) is 11.6 Å². The lowest BCUT2D eigenvalue weighted by Gasteiger charge is -2.58. The van der Waals surface area contributed by atoms with Gasteiger partial charge in [0.05, 0.1) is 6.10 Å². The fourth-order valence-electron chi connectivity index (χ4n) is 6.81. The van der Waals surface area contributed by atoms with Gasteiger partial charge < -0.3 is 10.2 Å². The molecule has 128 valence electrons. The lowest BCUT2D eigenvalue weighted by molar-refractivity contribution is -0.159. The number of hydrogen-bond acceptors (Lipinski definition) is 4. The molecule has 0 aromatic carbocycles. The highest BCUT2D eigenvalue weighted by atomic mass is 16.3. The molecule has 4 heteroatoms. The predicted molar refractivity (Wildman–Crippen MR) is 84.5 cm³/mol. The second-order valence-electron chi connectivity index (χ2n) is 9.01. The number of carbonyl (C=O) groups is 2. The molecule has 23 heavy (non-hydrogen) atoms. The maximum Gasteiger partial charge on any atom is 0.136 e. The standard InChI is InChI=1S/C19H28O4/c1-18-4-2-12(21)6-11(18)7-16(23)17-14(18)3-5-19(10-20)9-13(22)8-15(17)19/h11,13-15,17,20,22H,2-10H2,1H3/t11-,13+,14+,15+,17+,18+,19+/m1/s1. The summed E-state index contributed by atoms with van der Waals surface area (Å²) < 4.78 is 0. The summed E-state index contributed by atoms with van der Waals surface area (Å²) in [5.74, 6) is 1.27. The topological polar surface area (TPSA) is 74.6 Å². The monoisotopic (exact) mass is 320 g/mol. The summed E-state index contributed by atoms with van der Waals surface area (Å²) in [5, 5.41) is 20.2.